The second-order valence-electron chi connectivity index (χ2n) is 13.1. The van der Waals surface area contributed by atoms with Gasteiger partial charge in [-0.05, 0) is 69.6 Å². The summed E-state index contributed by atoms with van der Waals surface area (Å²) in [6.45, 7) is 6.62. The highest BCUT2D eigenvalue weighted by Gasteiger charge is 2.61. The molecule has 2 saturated carbocycles. The second kappa shape index (κ2) is 12.4. The molecule has 1 aliphatic heterocycles. The van der Waals surface area contributed by atoms with Crippen LogP contribution >= 0.6 is 0 Å². The first kappa shape index (κ1) is 31.5. The number of hydrogen-bond acceptors (Lipinski definition) is 8. The molecule has 12 nitrogen and oxygen atoms in total. The topological polar surface area (TPSA) is 149 Å². The van der Waals surface area contributed by atoms with E-state index in [0.717, 1.165) is 30.5 Å². The first-order chi connectivity index (χ1) is 22.0. The quantitative estimate of drug-likeness (QED) is 0.383. The molecule has 46 heavy (non-hydrogen) atoms. The van der Waals surface area contributed by atoms with Crippen molar-refractivity contribution in [2.45, 2.75) is 76.9 Å². The fourth-order valence-corrected chi connectivity index (χ4v) is 6.79. The Kier molecular flexibility index (Phi) is 8.47. The molecule has 2 fully saturated rings. The van der Waals surface area contributed by atoms with Crippen LogP contribution in [0.5, 0.6) is 11.6 Å². The van der Waals surface area contributed by atoms with Crippen molar-refractivity contribution in [3.05, 3.63) is 47.8 Å². The minimum Gasteiger partial charge on any atom is -0.496 e. The van der Waals surface area contributed by atoms with E-state index in [1.54, 1.807) is 23.7 Å². The van der Waals surface area contributed by atoms with Crippen LogP contribution in [0.25, 0.3) is 16.9 Å². The SMILES string of the molecule is COc1ccc2c(OC3CC4C(=O)NC5(C(=O)O)CC5/C=C\CCCCN(C)C(=O)C4C3)nc(-n3ccc(C(C)C)n3)nc2c1C. The Hall–Kier alpha value is -4.48. The molecular weight excluding hydrogens is 588 g/mol. The molecular formula is C34H42N6O6. The summed E-state index contributed by atoms with van der Waals surface area (Å²) in [6.07, 6.45) is 8.54. The highest BCUT2D eigenvalue weighted by molar-refractivity contribution is 5.94. The highest BCUT2D eigenvalue weighted by atomic mass is 16.5. The van der Waals surface area contributed by atoms with E-state index in [1.165, 1.54) is 0 Å². The monoisotopic (exact) mass is 630 g/mol. The van der Waals surface area contributed by atoms with Crippen molar-refractivity contribution < 1.29 is 29.0 Å². The third kappa shape index (κ3) is 5.80. The molecule has 0 bridgehead atoms. The summed E-state index contributed by atoms with van der Waals surface area (Å²) < 4.78 is 13.8. The number of allylic oxidation sites excluding steroid dienone is 1. The number of aliphatic carboxylic acids is 1. The fraction of sp³-hybridized carbons (Fsp3) is 0.529. The van der Waals surface area contributed by atoms with Crippen molar-refractivity contribution >= 4 is 28.7 Å². The smallest absolute Gasteiger partial charge is 0.330 e. The molecule has 0 saturated heterocycles. The molecule has 2 N–H and O–H groups in total. The number of aromatic nitrogens is 4. The molecule has 3 aromatic rings. The molecule has 2 amide bonds. The van der Waals surface area contributed by atoms with Crippen LogP contribution in [-0.2, 0) is 14.4 Å². The molecule has 0 spiro atoms. The third-order valence-electron chi connectivity index (χ3n) is 9.70. The zero-order chi connectivity index (χ0) is 32.7. The van der Waals surface area contributed by atoms with Crippen molar-refractivity contribution in [1.29, 1.82) is 0 Å². The zero-order valence-corrected chi connectivity index (χ0v) is 27.0. The Bertz CT molecular complexity index is 1700. The third-order valence-corrected chi connectivity index (χ3v) is 9.70. The Morgan fingerprint density at radius 1 is 1.13 bits per heavy atom. The number of nitrogens with zero attached hydrogens (tertiary/aromatic N) is 5. The summed E-state index contributed by atoms with van der Waals surface area (Å²) in [5, 5.41) is 18.2. The van der Waals surface area contributed by atoms with Crippen molar-refractivity contribution in [3.63, 3.8) is 0 Å². The molecule has 2 aromatic heterocycles. The predicted octanol–water partition coefficient (Wildman–Crippen LogP) is 4.19. The van der Waals surface area contributed by atoms with Crippen LogP contribution in [0, 0.1) is 24.7 Å². The summed E-state index contributed by atoms with van der Waals surface area (Å²) in [4.78, 5) is 51.2. The largest absolute Gasteiger partial charge is 0.496 e. The fourth-order valence-electron chi connectivity index (χ4n) is 6.79. The van der Waals surface area contributed by atoms with E-state index in [2.05, 4.69) is 24.3 Å². The van der Waals surface area contributed by atoms with Crippen molar-refractivity contribution in [3.8, 4) is 17.6 Å². The number of carbonyl (C=O) groups excluding carboxylic acids is 2. The van der Waals surface area contributed by atoms with E-state index in [9.17, 15) is 19.5 Å². The molecule has 6 rings (SSSR count). The number of aryl methyl sites for hydroxylation is 1. The summed E-state index contributed by atoms with van der Waals surface area (Å²) in [5.74, 6) is -1.78. The number of rotatable bonds is 6. The Morgan fingerprint density at radius 3 is 2.63 bits per heavy atom. The van der Waals surface area contributed by atoms with Gasteiger partial charge in [-0.3, -0.25) is 9.59 Å². The van der Waals surface area contributed by atoms with Gasteiger partial charge in [0, 0.05) is 31.3 Å². The second-order valence-corrected chi connectivity index (χ2v) is 13.1. The van der Waals surface area contributed by atoms with Crippen molar-refractivity contribution in [2.24, 2.45) is 17.8 Å². The number of methoxy groups -OCH3 is 1. The van der Waals surface area contributed by atoms with Gasteiger partial charge >= 0.3 is 5.97 Å². The lowest BCUT2D eigenvalue weighted by molar-refractivity contribution is -0.145. The van der Waals surface area contributed by atoms with Crippen molar-refractivity contribution in [2.75, 3.05) is 20.7 Å². The minimum absolute atomic E-state index is 0.137. The van der Waals surface area contributed by atoms with Crippen LogP contribution < -0.4 is 14.8 Å². The number of fused-ring (bicyclic) bond motifs is 3. The van der Waals surface area contributed by atoms with E-state index >= 15 is 0 Å². The summed E-state index contributed by atoms with van der Waals surface area (Å²) >= 11 is 0. The number of benzene rings is 1. The van der Waals surface area contributed by atoms with Gasteiger partial charge in [-0.2, -0.15) is 10.1 Å². The maximum Gasteiger partial charge on any atom is 0.330 e. The molecule has 3 heterocycles. The maximum atomic E-state index is 13.8. The van der Waals surface area contributed by atoms with Gasteiger partial charge in [0.25, 0.3) is 5.95 Å². The van der Waals surface area contributed by atoms with Gasteiger partial charge in [0.2, 0.25) is 17.7 Å². The van der Waals surface area contributed by atoms with E-state index in [1.807, 2.05) is 43.5 Å². The lowest BCUT2D eigenvalue weighted by Gasteiger charge is -2.26. The average molecular weight is 631 g/mol. The number of ether oxygens (including phenoxy) is 2. The number of carboxylic acids is 1. The number of amides is 2. The lowest BCUT2D eigenvalue weighted by atomic mass is 9.93. The van der Waals surface area contributed by atoms with E-state index in [-0.39, 0.29) is 24.2 Å². The van der Waals surface area contributed by atoms with Crippen molar-refractivity contribution in [1.82, 2.24) is 30.0 Å². The van der Waals surface area contributed by atoms with E-state index < -0.39 is 35.4 Å². The molecule has 244 valence electrons. The van der Waals surface area contributed by atoms with Crippen LogP contribution in [0.15, 0.2) is 36.5 Å². The van der Waals surface area contributed by atoms with Crippen LogP contribution in [0.4, 0.5) is 0 Å². The maximum absolute atomic E-state index is 13.8. The van der Waals surface area contributed by atoms with E-state index in [4.69, 9.17) is 19.4 Å². The number of hydrogen-bond donors (Lipinski definition) is 2. The standard InChI is InChI=1S/C34H42N6O6/c1-19(2)26-13-15-40(38-26)33-35-28-20(3)27(45-5)12-11-23(28)30(36-33)46-22-16-24-25(17-22)31(42)39(4)14-9-7-6-8-10-21-18-34(21,32(43)44)37-29(24)41/h8,10-13,15,19,21-22,24-25H,6-7,9,14,16-18H2,1-5H3,(H,37,41)(H,43,44)/b10-8-. The van der Waals surface area contributed by atoms with Gasteiger partial charge in [0.05, 0.1) is 35.5 Å². The normalized spacial score (nSPS) is 27.5. The van der Waals surface area contributed by atoms with Crippen LogP contribution in [0.1, 0.15) is 69.5 Å². The molecule has 1 aromatic carbocycles. The van der Waals surface area contributed by atoms with Crippen LogP contribution in [-0.4, -0.2) is 79.9 Å². The molecule has 12 heteroatoms. The highest BCUT2D eigenvalue weighted by Crippen LogP contribution is 2.46. The van der Waals surface area contributed by atoms with Gasteiger partial charge in [-0.1, -0.05) is 26.0 Å². The Balaban J connectivity index is 1.35. The average Bonchev–Trinajstić information content (AvgIpc) is 3.33. The van der Waals surface area contributed by atoms with Gasteiger partial charge in [-0.25, -0.2) is 14.5 Å². The number of nitrogens with one attached hydrogen (secondary N) is 1. The Morgan fingerprint density at radius 2 is 1.91 bits per heavy atom. The molecule has 0 radical (unpaired) electrons. The Labute approximate surface area is 268 Å². The van der Waals surface area contributed by atoms with Gasteiger partial charge < -0.3 is 24.8 Å². The van der Waals surface area contributed by atoms with Gasteiger partial charge in [0.1, 0.15) is 17.4 Å². The van der Waals surface area contributed by atoms with Crippen LogP contribution in [0.2, 0.25) is 0 Å². The summed E-state index contributed by atoms with van der Waals surface area (Å²) in [6, 6.07) is 5.61. The molecule has 3 aliphatic rings. The predicted molar refractivity (Wildman–Crippen MR) is 170 cm³/mol. The minimum atomic E-state index is -1.34. The summed E-state index contributed by atoms with van der Waals surface area (Å²) in [5.41, 5.74) is 1.00. The first-order valence-electron chi connectivity index (χ1n) is 16.1. The lowest BCUT2D eigenvalue weighted by Crippen LogP contribution is -2.49. The molecule has 5 atom stereocenters. The van der Waals surface area contributed by atoms with Gasteiger partial charge in [-0.15, -0.1) is 0 Å². The molecule has 2 aliphatic carbocycles. The van der Waals surface area contributed by atoms with Crippen LogP contribution in [0.3, 0.4) is 0 Å². The first-order valence-corrected chi connectivity index (χ1v) is 16.1. The number of carbonyl (C=O) groups is 3. The zero-order valence-electron chi connectivity index (χ0n) is 27.0. The van der Waals surface area contributed by atoms with Gasteiger partial charge in [0.15, 0.2) is 0 Å². The number of carboxylic acid groups (broad SMARTS) is 1. The summed E-state index contributed by atoms with van der Waals surface area (Å²) in [7, 11) is 3.37. The molecule has 5 unspecified atom stereocenters. The van der Waals surface area contributed by atoms with E-state index in [0.29, 0.717) is 47.9 Å².